The van der Waals surface area contributed by atoms with Crippen molar-refractivity contribution in [1.82, 2.24) is 0 Å². The fraction of sp³-hybridized carbons (Fsp3) is 0.810. The minimum absolute atomic E-state index is 0.0466. The van der Waals surface area contributed by atoms with Crippen molar-refractivity contribution in [3.05, 3.63) is 23.3 Å². The Balaban J connectivity index is 1.73. The smallest absolute Gasteiger partial charge is 0.0804 e. The lowest BCUT2D eigenvalue weighted by atomic mass is 9.49. The molecule has 25 heavy (non-hydrogen) atoms. The zero-order valence-electron chi connectivity index (χ0n) is 15.4. The first-order valence-electron chi connectivity index (χ1n) is 9.87. The quantitative estimate of drug-likeness (QED) is 0.616. The Morgan fingerprint density at radius 2 is 1.92 bits per heavy atom. The van der Waals surface area contributed by atoms with E-state index < -0.39 is 12.2 Å². The van der Waals surface area contributed by atoms with Crippen LogP contribution in [-0.4, -0.2) is 45.3 Å². The van der Waals surface area contributed by atoms with Gasteiger partial charge >= 0.3 is 0 Å². The van der Waals surface area contributed by atoms with Gasteiger partial charge in [0, 0.05) is 5.92 Å². The molecular formula is C21H32O4. The summed E-state index contributed by atoms with van der Waals surface area (Å²) in [6.07, 6.45) is 8.09. The van der Waals surface area contributed by atoms with Crippen LogP contribution in [0.15, 0.2) is 23.3 Å². The molecular weight excluding hydrogens is 316 g/mol. The molecule has 8 atom stereocenters. The molecule has 3 saturated carbocycles. The van der Waals surface area contributed by atoms with Crippen LogP contribution in [-0.2, 0) is 0 Å². The molecule has 4 heteroatoms. The van der Waals surface area contributed by atoms with Crippen LogP contribution in [0.1, 0.15) is 52.4 Å². The second-order valence-electron chi connectivity index (χ2n) is 9.41. The standard InChI is InChI=1S/C21H32O4/c1-20-8-7-13(23)9-12(20)3-4-14-15-5-6-16(18(25)11-22)21(15,2)10-17(24)19(14)20/h3-4,13,15-19,22-25H,5-11H2,1-2H3/t13-,15-,16+,17+,18-,19+,20-,21-/m0/s1. The van der Waals surface area contributed by atoms with E-state index in [-0.39, 0.29) is 35.4 Å². The van der Waals surface area contributed by atoms with Gasteiger partial charge in [-0.15, -0.1) is 0 Å². The van der Waals surface area contributed by atoms with E-state index >= 15 is 0 Å². The molecule has 0 bridgehead atoms. The van der Waals surface area contributed by atoms with E-state index in [1.807, 2.05) is 0 Å². The van der Waals surface area contributed by atoms with Gasteiger partial charge in [0.2, 0.25) is 0 Å². The lowest BCUT2D eigenvalue weighted by molar-refractivity contribution is -0.0741. The van der Waals surface area contributed by atoms with E-state index in [0.717, 1.165) is 32.1 Å². The summed E-state index contributed by atoms with van der Waals surface area (Å²) in [6.45, 7) is 4.26. The van der Waals surface area contributed by atoms with Crippen molar-refractivity contribution in [2.24, 2.45) is 28.6 Å². The monoisotopic (exact) mass is 348 g/mol. The summed E-state index contributed by atoms with van der Waals surface area (Å²) in [5, 5.41) is 41.0. The molecule has 0 aromatic heterocycles. The van der Waals surface area contributed by atoms with E-state index in [4.69, 9.17) is 0 Å². The van der Waals surface area contributed by atoms with Gasteiger partial charge in [-0.25, -0.2) is 0 Å². The molecule has 0 unspecified atom stereocenters. The Bertz CT molecular complexity index is 611. The van der Waals surface area contributed by atoms with Crippen molar-refractivity contribution in [1.29, 1.82) is 0 Å². The molecule has 0 amide bonds. The van der Waals surface area contributed by atoms with Gasteiger partial charge in [-0.3, -0.25) is 0 Å². The maximum absolute atomic E-state index is 11.2. The number of hydrogen-bond donors (Lipinski definition) is 4. The molecule has 4 aliphatic carbocycles. The normalized spacial score (nSPS) is 50.2. The first-order valence-corrected chi connectivity index (χ1v) is 9.87. The van der Waals surface area contributed by atoms with Crippen molar-refractivity contribution < 1.29 is 20.4 Å². The van der Waals surface area contributed by atoms with Crippen LogP contribution in [0.3, 0.4) is 0 Å². The minimum Gasteiger partial charge on any atom is -0.394 e. The second kappa shape index (κ2) is 5.91. The van der Waals surface area contributed by atoms with Gasteiger partial charge in [0.1, 0.15) is 0 Å². The molecule has 3 fully saturated rings. The molecule has 0 aromatic rings. The number of aliphatic hydroxyl groups excluding tert-OH is 4. The van der Waals surface area contributed by atoms with Gasteiger partial charge < -0.3 is 20.4 Å². The maximum atomic E-state index is 11.2. The molecule has 0 saturated heterocycles. The molecule has 0 aromatic carbocycles. The number of fused-ring (bicyclic) bond motifs is 5. The van der Waals surface area contributed by atoms with Crippen LogP contribution >= 0.6 is 0 Å². The molecule has 0 aliphatic heterocycles. The highest BCUT2D eigenvalue weighted by atomic mass is 16.3. The van der Waals surface area contributed by atoms with Crippen molar-refractivity contribution in [2.75, 3.05) is 6.61 Å². The van der Waals surface area contributed by atoms with Crippen LogP contribution in [0.2, 0.25) is 0 Å². The van der Waals surface area contributed by atoms with Crippen molar-refractivity contribution in [2.45, 2.75) is 70.7 Å². The topological polar surface area (TPSA) is 80.9 Å². The number of hydrogen-bond acceptors (Lipinski definition) is 4. The zero-order valence-corrected chi connectivity index (χ0v) is 15.4. The van der Waals surface area contributed by atoms with E-state index in [1.54, 1.807) is 0 Å². The average Bonchev–Trinajstić information content (AvgIpc) is 2.91. The molecule has 4 rings (SSSR count). The van der Waals surface area contributed by atoms with Crippen molar-refractivity contribution >= 4 is 0 Å². The summed E-state index contributed by atoms with van der Waals surface area (Å²) >= 11 is 0. The summed E-state index contributed by atoms with van der Waals surface area (Å²) < 4.78 is 0. The van der Waals surface area contributed by atoms with Crippen LogP contribution in [0.5, 0.6) is 0 Å². The number of rotatable bonds is 2. The van der Waals surface area contributed by atoms with Gasteiger partial charge in [0.15, 0.2) is 0 Å². The largest absolute Gasteiger partial charge is 0.394 e. The van der Waals surface area contributed by atoms with Crippen LogP contribution in [0, 0.1) is 28.6 Å². The molecule has 4 nitrogen and oxygen atoms in total. The summed E-state index contributed by atoms with van der Waals surface area (Å²) in [4.78, 5) is 0. The fourth-order valence-electron chi connectivity index (χ4n) is 6.91. The van der Waals surface area contributed by atoms with Gasteiger partial charge in [-0.05, 0) is 61.2 Å². The summed E-state index contributed by atoms with van der Waals surface area (Å²) in [5.74, 6) is 0.544. The fourth-order valence-corrected chi connectivity index (χ4v) is 6.91. The molecule has 0 radical (unpaired) electrons. The second-order valence-corrected chi connectivity index (χ2v) is 9.41. The van der Waals surface area contributed by atoms with Gasteiger partial charge in [-0.1, -0.05) is 37.1 Å². The predicted molar refractivity (Wildman–Crippen MR) is 95.7 cm³/mol. The maximum Gasteiger partial charge on any atom is 0.0804 e. The highest BCUT2D eigenvalue weighted by Gasteiger charge is 2.60. The minimum atomic E-state index is -0.700. The first-order chi connectivity index (χ1) is 11.8. The van der Waals surface area contributed by atoms with E-state index in [1.165, 1.54) is 11.1 Å². The van der Waals surface area contributed by atoms with Gasteiger partial charge in [0.25, 0.3) is 0 Å². The summed E-state index contributed by atoms with van der Waals surface area (Å²) in [6, 6.07) is 0. The molecule has 140 valence electrons. The summed E-state index contributed by atoms with van der Waals surface area (Å²) in [7, 11) is 0. The zero-order chi connectivity index (χ0) is 18.0. The lowest BCUT2D eigenvalue weighted by Crippen LogP contribution is -2.53. The van der Waals surface area contributed by atoms with Crippen LogP contribution in [0.25, 0.3) is 0 Å². The number of aliphatic hydroxyl groups is 4. The summed E-state index contributed by atoms with van der Waals surface area (Å²) in [5.41, 5.74) is 2.42. The lowest BCUT2D eigenvalue weighted by Gasteiger charge is -2.56. The van der Waals surface area contributed by atoms with Crippen molar-refractivity contribution in [3.63, 3.8) is 0 Å². The van der Waals surface area contributed by atoms with E-state index in [0.29, 0.717) is 12.3 Å². The third kappa shape index (κ3) is 2.41. The highest BCUT2D eigenvalue weighted by Crippen LogP contribution is 2.65. The Morgan fingerprint density at radius 3 is 2.64 bits per heavy atom. The molecule has 4 aliphatic rings. The Labute approximate surface area is 150 Å². The Kier molecular flexibility index (Phi) is 4.19. The van der Waals surface area contributed by atoms with Crippen LogP contribution < -0.4 is 0 Å². The molecule has 0 spiro atoms. The Hall–Kier alpha value is -0.680. The third-order valence-electron chi connectivity index (χ3n) is 8.21. The van der Waals surface area contributed by atoms with Gasteiger partial charge in [-0.2, -0.15) is 0 Å². The van der Waals surface area contributed by atoms with E-state index in [9.17, 15) is 20.4 Å². The molecule has 4 N–H and O–H groups in total. The highest BCUT2D eigenvalue weighted by molar-refractivity contribution is 5.40. The van der Waals surface area contributed by atoms with E-state index in [2.05, 4.69) is 26.0 Å². The SMILES string of the molecule is C[C@]12C[C@@H](O)[C@H]3C(=CC=C4C[C@@H](O)CC[C@@]43C)[C@@H]1CC[C@@H]2[C@@H](O)CO. The average molecular weight is 348 g/mol. The predicted octanol–water partition coefficient (Wildman–Crippen LogP) is 2.17. The van der Waals surface area contributed by atoms with Crippen LogP contribution in [0.4, 0.5) is 0 Å². The first kappa shape index (κ1) is 17.7. The molecule has 0 heterocycles. The Morgan fingerprint density at radius 1 is 1.16 bits per heavy atom. The third-order valence-corrected chi connectivity index (χ3v) is 8.21. The van der Waals surface area contributed by atoms with Crippen molar-refractivity contribution in [3.8, 4) is 0 Å². The number of allylic oxidation sites excluding steroid dienone is 2. The van der Waals surface area contributed by atoms with Gasteiger partial charge in [0.05, 0.1) is 24.9 Å².